The first kappa shape index (κ1) is 20.5. The Hall–Kier alpha value is -2.27. The van der Waals surface area contributed by atoms with E-state index in [1.807, 2.05) is 18.0 Å². The van der Waals surface area contributed by atoms with Gasteiger partial charge in [0.15, 0.2) is 11.5 Å². The van der Waals surface area contributed by atoms with E-state index in [1.54, 1.807) is 0 Å². The maximum atomic E-state index is 13.3. The number of hydrogen-bond donors (Lipinski definition) is 0. The number of amidine groups is 1. The van der Waals surface area contributed by atoms with Crippen LogP contribution in [0.3, 0.4) is 0 Å². The summed E-state index contributed by atoms with van der Waals surface area (Å²) in [5, 5.41) is 10.00. The summed E-state index contributed by atoms with van der Waals surface area (Å²) in [5.41, 5.74) is -1.07. The predicted molar refractivity (Wildman–Crippen MR) is 104 cm³/mol. The Morgan fingerprint density at radius 1 is 1.36 bits per heavy atom. The molecule has 1 heterocycles. The molecule has 1 aliphatic carbocycles. The van der Waals surface area contributed by atoms with Gasteiger partial charge in [0.1, 0.15) is 11.6 Å². The first-order valence-corrected chi connectivity index (χ1v) is 9.90. The normalized spacial score (nSPS) is 23.8. The monoisotopic (exact) mass is 407 g/mol. The zero-order valence-corrected chi connectivity index (χ0v) is 16.4. The van der Waals surface area contributed by atoms with Gasteiger partial charge in [-0.05, 0) is 24.3 Å². The van der Waals surface area contributed by atoms with Crippen LogP contribution in [0.25, 0.3) is 5.70 Å². The molecule has 0 aromatic heterocycles. The highest BCUT2D eigenvalue weighted by atomic mass is 32.2. The van der Waals surface area contributed by atoms with Crippen molar-refractivity contribution in [1.82, 2.24) is 4.90 Å². The average Bonchev–Trinajstić information content (AvgIpc) is 3.46. The number of aldehydes is 1. The number of rotatable bonds is 4. The maximum Gasteiger partial charge on any atom is 0.398 e. The van der Waals surface area contributed by atoms with Gasteiger partial charge in [-0.2, -0.15) is 18.4 Å². The second-order valence-electron chi connectivity index (χ2n) is 7.34. The van der Waals surface area contributed by atoms with Crippen LogP contribution in [0.5, 0.6) is 0 Å². The molecule has 1 saturated heterocycles. The number of aliphatic imine (C=N–C) groups is 1. The zero-order valence-electron chi connectivity index (χ0n) is 15.6. The topological polar surface area (TPSA) is 56.5 Å². The highest BCUT2D eigenvalue weighted by Crippen LogP contribution is 2.58. The van der Waals surface area contributed by atoms with Gasteiger partial charge in [-0.3, -0.25) is 4.79 Å². The summed E-state index contributed by atoms with van der Waals surface area (Å²) in [6.45, 7) is 2.92. The molecular formula is C20H20F3N3OS. The molecule has 1 aromatic carbocycles. The van der Waals surface area contributed by atoms with Crippen LogP contribution in [0.4, 0.5) is 13.2 Å². The van der Waals surface area contributed by atoms with Crippen molar-refractivity contribution in [2.24, 2.45) is 10.9 Å². The number of carbonyl (C=O) groups excluding carboxylic acids is 1. The number of carbonyl (C=O) groups is 1. The van der Waals surface area contributed by atoms with Gasteiger partial charge in [-0.1, -0.05) is 43.0 Å². The average molecular weight is 407 g/mol. The summed E-state index contributed by atoms with van der Waals surface area (Å²) in [5.74, 6) is 1.35. The van der Waals surface area contributed by atoms with E-state index in [-0.39, 0.29) is 29.7 Å². The van der Waals surface area contributed by atoms with Crippen molar-refractivity contribution in [3.63, 3.8) is 0 Å². The fraction of sp³-hybridized carbons (Fsp3) is 0.450. The minimum atomic E-state index is -4.29. The van der Waals surface area contributed by atoms with Crippen molar-refractivity contribution in [3.05, 3.63) is 41.0 Å². The summed E-state index contributed by atoms with van der Waals surface area (Å²) >= 11 is 1.53. The Bertz CT molecular complexity index is 864. The largest absolute Gasteiger partial charge is 0.398 e. The third-order valence-corrected chi connectivity index (χ3v) is 6.51. The van der Waals surface area contributed by atoms with E-state index in [0.29, 0.717) is 22.9 Å². The molecule has 0 N–H and O–H groups in total. The summed E-state index contributed by atoms with van der Waals surface area (Å²) in [6, 6.07) is 7.72. The molecule has 28 heavy (non-hydrogen) atoms. The fourth-order valence-electron chi connectivity index (χ4n) is 3.36. The number of thioether (sulfide) groups is 1. The Balaban J connectivity index is 1.98. The number of allylic oxidation sites excluding steroid dienone is 1. The third kappa shape index (κ3) is 3.81. The molecule has 8 heteroatoms. The van der Waals surface area contributed by atoms with E-state index in [4.69, 9.17) is 0 Å². The number of alkyl halides is 3. The van der Waals surface area contributed by atoms with E-state index in [1.165, 1.54) is 36.0 Å². The van der Waals surface area contributed by atoms with Crippen LogP contribution in [0.2, 0.25) is 0 Å². The summed E-state index contributed by atoms with van der Waals surface area (Å²) < 4.78 is 40.0. The van der Waals surface area contributed by atoms with Crippen molar-refractivity contribution in [2.45, 2.75) is 31.4 Å². The number of hydrogen-bond acceptors (Lipinski definition) is 4. The summed E-state index contributed by atoms with van der Waals surface area (Å²) in [7, 11) is 1.88. The van der Waals surface area contributed by atoms with Gasteiger partial charge < -0.3 is 4.90 Å². The summed E-state index contributed by atoms with van der Waals surface area (Å²) in [4.78, 5) is 17.9. The Labute approximate surface area is 166 Å². The van der Waals surface area contributed by atoms with E-state index >= 15 is 0 Å². The summed E-state index contributed by atoms with van der Waals surface area (Å²) in [6.07, 6.45) is -3.69. The molecule has 1 unspecified atom stereocenters. The highest BCUT2D eigenvalue weighted by molar-refractivity contribution is 8.13. The van der Waals surface area contributed by atoms with E-state index < -0.39 is 11.6 Å². The quantitative estimate of drug-likeness (QED) is 0.422. The second-order valence-corrected chi connectivity index (χ2v) is 8.33. The molecule has 1 aliphatic heterocycles. The van der Waals surface area contributed by atoms with Gasteiger partial charge in [0, 0.05) is 24.9 Å². The van der Waals surface area contributed by atoms with E-state index in [0.717, 1.165) is 12.3 Å². The molecule has 2 fully saturated rings. The predicted octanol–water partition coefficient (Wildman–Crippen LogP) is 4.38. The number of halogens is 3. The van der Waals surface area contributed by atoms with Crippen molar-refractivity contribution in [1.29, 1.82) is 5.26 Å². The lowest BCUT2D eigenvalue weighted by Crippen LogP contribution is -2.35. The molecular weight excluding hydrogens is 387 g/mol. The fourth-order valence-corrected chi connectivity index (χ4v) is 4.35. The number of benzene rings is 1. The van der Waals surface area contributed by atoms with Crippen molar-refractivity contribution in [3.8, 4) is 6.07 Å². The molecule has 0 bridgehead atoms. The maximum absolute atomic E-state index is 13.3. The Kier molecular flexibility index (Phi) is 5.57. The minimum Gasteiger partial charge on any atom is -0.354 e. The highest BCUT2D eigenvalue weighted by Gasteiger charge is 2.64. The lowest BCUT2D eigenvalue weighted by Gasteiger charge is -2.30. The van der Waals surface area contributed by atoms with Crippen LogP contribution < -0.4 is 0 Å². The molecule has 1 atom stereocenters. The molecule has 2 aliphatic rings. The van der Waals surface area contributed by atoms with Gasteiger partial charge in [0.05, 0.1) is 11.1 Å². The van der Waals surface area contributed by atoms with Crippen LogP contribution in [-0.2, 0) is 10.2 Å². The molecule has 0 amide bonds. The standard InChI is InChI=1S/C20H20F3N3OS/c1-13-10-26(2)18(28-12-13)25-17(15(9-24)11-27)14-3-5-16(6-4-14)19(7-8-19)20(21,22)23/h3-6,11,13H,7-8,10,12H2,1-2H3/b17-15-,25-18?. The van der Waals surface area contributed by atoms with Crippen LogP contribution in [0.15, 0.2) is 34.8 Å². The zero-order chi connectivity index (χ0) is 20.5. The molecule has 4 nitrogen and oxygen atoms in total. The van der Waals surface area contributed by atoms with Crippen LogP contribution in [0.1, 0.15) is 30.9 Å². The lowest BCUT2D eigenvalue weighted by atomic mass is 9.93. The Morgan fingerprint density at radius 3 is 2.46 bits per heavy atom. The molecule has 1 saturated carbocycles. The van der Waals surface area contributed by atoms with Crippen molar-refractivity contribution < 1.29 is 18.0 Å². The molecule has 148 valence electrons. The van der Waals surface area contributed by atoms with E-state index in [9.17, 15) is 23.2 Å². The number of nitrogens with zero attached hydrogens (tertiary/aromatic N) is 3. The Morgan fingerprint density at radius 2 is 2.00 bits per heavy atom. The van der Waals surface area contributed by atoms with Gasteiger partial charge in [0.25, 0.3) is 0 Å². The van der Waals surface area contributed by atoms with Crippen LogP contribution in [-0.4, -0.2) is 41.9 Å². The van der Waals surface area contributed by atoms with Crippen LogP contribution in [0, 0.1) is 17.2 Å². The lowest BCUT2D eigenvalue weighted by molar-refractivity contribution is -0.160. The van der Waals surface area contributed by atoms with Gasteiger partial charge in [0.2, 0.25) is 0 Å². The van der Waals surface area contributed by atoms with Crippen molar-refractivity contribution >= 4 is 28.9 Å². The smallest absolute Gasteiger partial charge is 0.354 e. The van der Waals surface area contributed by atoms with E-state index in [2.05, 4.69) is 11.9 Å². The van der Waals surface area contributed by atoms with Gasteiger partial charge in [-0.15, -0.1) is 0 Å². The third-order valence-electron chi connectivity index (χ3n) is 5.11. The second kappa shape index (κ2) is 7.63. The SMILES string of the molecule is CC1CSC(=N/C(=C(/C#N)C=O)c2ccc(C3(C(F)(F)F)CC3)cc2)N(C)C1. The first-order chi connectivity index (χ1) is 13.2. The molecule has 1 aromatic rings. The van der Waals surface area contributed by atoms with Crippen molar-refractivity contribution in [2.75, 3.05) is 19.3 Å². The number of nitriles is 1. The molecule has 0 spiro atoms. The minimum absolute atomic E-state index is 0.0816. The van der Waals surface area contributed by atoms with Gasteiger partial charge >= 0.3 is 6.18 Å². The molecule has 0 radical (unpaired) electrons. The first-order valence-electron chi connectivity index (χ1n) is 8.91. The van der Waals surface area contributed by atoms with Gasteiger partial charge in [-0.25, -0.2) is 4.99 Å². The van der Waals surface area contributed by atoms with Crippen LogP contribution >= 0.6 is 11.8 Å². The molecule has 3 rings (SSSR count).